The SMILES string of the molecule is COCCOCCOCCOCCC(=O)OCC12C=CC(O1)c1ccccc12. The van der Waals surface area contributed by atoms with Gasteiger partial charge in [-0.1, -0.05) is 30.3 Å². The first-order valence-corrected chi connectivity index (χ1v) is 9.59. The molecule has 1 aromatic rings. The molecule has 7 heteroatoms. The van der Waals surface area contributed by atoms with Crippen LogP contribution in [-0.2, 0) is 38.8 Å². The molecule has 0 saturated carbocycles. The first kappa shape index (κ1) is 21.0. The topological polar surface area (TPSA) is 72.5 Å². The highest BCUT2D eigenvalue weighted by Gasteiger charge is 2.47. The number of hydrogen-bond acceptors (Lipinski definition) is 7. The molecule has 0 spiro atoms. The lowest BCUT2D eigenvalue weighted by Crippen LogP contribution is -2.29. The minimum Gasteiger partial charge on any atom is -0.462 e. The maximum atomic E-state index is 12.0. The Balaban J connectivity index is 1.23. The standard InChI is InChI=1S/C21H28O7/c1-23-10-11-25-14-15-26-13-12-24-9-7-20(22)27-16-21-8-6-19(28-21)17-4-2-3-5-18(17)21/h2-6,8,19H,7,9-16H2,1H3. The maximum Gasteiger partial charge on any atom is 0.308 e. The molecule has 7 nitrogen and oxygen atoms in total. The van der Waals surface area contributed by atoms with E-state index in [1.165, 1.54) is 0 Å². The van der Waals surface area contributed by atoms with Crippen molar-refractivity contribution in [3.8, 4) is 0 Å². The Hall–Kier alpha value is -1.77. The Morgan fingerprint density at radius 3 is 2.43 bits per heavy atom. The van der Waals surface area contributed by atoms with E-state index in [0.29, 0.717) is 46.2 Å². The van der Waals surface area contributed by atoms with E-state index < -0.39 is 5.60 Å². The number of benzene rings is 1. The summed E-state index contributed by atoms with van der Waals surface area (Å²) >= 11 is 0. The first-order chi connectivity index (χ1) is 13.7. The number of rotatable bonds is 14. The summed E-state index contributed by atoms with van der Waals surface area (Å²) in [5, 5.41) is 0. The number of carbonyl (C=O) groups is 1. The zero-order chi connectivity index (χ0) is 19.7. The second kappa shape index (κ2) is 10.7. The lowest BCUT2D eigenvalue weighted by atomic mass is 9.88. The Labute approximate surface area is 165 Å². The average Bonchev–Trinajstić information content (AvgIpc) is 3.29. The molecule has 2 unspecified atom stereocenters. The van der Waals surface area contributed by atoms with E-state index in [1.807, 2.05) is 30.4 Å². The normalized spacial score (nSPS) is 21.8. The fourth-order valence-corrected chi connectivity index (χ4v) is 3.26. The third-order valence-electron chi connectivity index (χ3n) is 4.67. The zero-order valence-corrected chi connectivity index (χ0v) is 16.3. The molecular weight excluding hydrogens is 364 g/mol. The second-order valence-corrected chi connectivity index (χ2v) is 6.61. The van der Waals surface area contributed by atoms with Crippen LogP contribution in [0.4, 0.5) is 0 Å². The van der Waals surface area contributed by atoms with Crippen LogP contribution in [-0.4, -0.2) is 65.9 Å². The van der Waals surface area contributed by atoms with Crippen molar-refractivity contribution in [2.75, 3.05) is 60.0 Å². The molecule has 2 aliphatic heterocycles. The monoisotopic (exact) mass is 392 g/mol. The van der Waals surface area contributed by atoms with Gasteiger partial charge in [-0.15, -0.1) is 0 Å². The molecule has 2 atom stereocenters. The van der Waals surface area contributed by atoms with E-state index in [0.717, 1.165) is 11.1 Å². The Kier molecular flexibility index (Phi) is 8.00. The third kappa shape index (κ3) is 5.40. The third-order valence-corrected chi connectivity index (χ3v) is 4.67. The summed E-state index contributed by atoms with van der Waals surface area (Å²) in [5.74, 6) is -0.299. The summed E-state index contributed by atoms with van der Waals surface area (Å²) in [5.41, 5.74) is 1.58. The molecule has 0 aromatic heterocycles. The second-order valence-electron chi connectivity index (χ2n) is 6.61. The summed E-state index contributed by atoms with van der Waals surface area (Å²) < 4.78 is 32.4. The molecule has 3 rings (SSSR count). The molecular formula is C21H28O7. The maximum absolute atomic E-state index is 12.0. The number of methoxy groups -OCH3 is 1. The molecule has 2 heterocycles. The Morgan fingerprint density at radius 1 is 1.00 bits per heavy atom. The van der Waals surface area contributed by atoms with Crippen molar-refractivity contribution in [2.45, 2.75) is 18.1 Å². The summed E-state index contributed by atoms with van der Waals surface area (Å²) in [7, 11) is 1.63. The molecule has 2 bridgehead atoms. The average molecular weight is 392 g/mol. The Morgan fingerprint density at radius 2 is 1.68 bits per heavy atom. The van der Waals surface area contributed by atoms with Crippen molar-refractivity contribution in [2.24, 2.45) is 0 Å². The van der Waals surface area contributed by atoms with Gasteiger partial charge in [0.05, 0.1) is 52.7 Å². The van der Waals surface area contributed by atoms with Gasteiger partial charge < -0.3 is 28.4 Å². The van der Waals surface area contributed by atoms with Crippen LogP contribution in [0.3, 0.4) is 0 Å². The van der Waals surface area contributed by atoms with Gasteiger partial charge in [0.1, 0.15) is 18.3 Å². The zero-order valence-electron chi connectivity index (χ0n) is 16.3. The lowest BCUT2D eigenvalue weighted by molar-refractivity contribution is -0.153. The van der Waals surface area contributed by atoms with E-state index in [-0.39, 0.29) is 25.1 Å². The van der Waals surface area contributed by atoms with Gasteiger partial charge in [0.15, 0.2) is 0 Å². The van der Waals surface area contributed by atoms with Crippen LogP contribution in [0.1, 0.15) is 23.7 Å². The number of ether oxygens (including phenoxy) is 6. The summed E-state index contributed by atoms with van der Waals surface area (Å²) in [6.07, 6.45) is 4.16. The van der Waals surface area contributed by atoms with Crippen LogP contribution in [0.15, 0.2) is 36.4 Å². The van der Waals surface area contributed by atoms with Crippen molar-refractivity contribution in [3.63, 3.8) is 0 Å². The quantitative estimate of drug-likeness (QED) is 0.273. The van der Waals surface area contributed by atoms with E-state index in [1.54, 1.807) is 7.11 Å². The molecule has 28 heavy (non-hydrogen) atoms. The predicted octanol–water partition coefficient (Wildman–Crippen LogP) is 2.15. The van der Waals surface area contributed by atoms with E-state index in [9.17, 15) is 4.79 Å². The highest BCUT2D eigenvalue weighted by molar-refractivity contribution is 5.69. The van der Waals surface area contributed by atoms with Crippen molar-refractivity contribution in [1.82, 2.24) is 0 Å². The van der Waals surface area contributed by atoms with Gasteiger partial charge in [0.25, 0.3) is 0 Å². The van der Waals surface area contributed by atoms with Gasteiger partial charge in [-0.3, -0.25) is 4.79 Å². The van der Waals surface area contributed by atoms with E-state index in [4.69, 9.17) is 28.4 Å². The van der Waals surface area contributed by atoms with Crippen LogP contribution >= 0.6 is 0 Å². The van der Waals surface area contributed by atoms with Crippen LogP contribution in [0.25, 0.3) is 0 Å². The molecule has 0 N–H and O–H groups in total. The van der Waals surface area contributed by atoms with Crippen LogP contribution in [0.5, 0.6) is 0 Å². The summed E-state index contributed by atoms with van der Waals surface area (Å²) in [6, 6.07) is 8.04. The van der Waals surface area contributed by atoms with Gasteiger partial charge in [0.2, 0.25) is 0 Å². The number of fused-ring (bicyclic) bond motifs is 5. The van der Waals surface area contributed by atoms with Crippen molar-refractivity contribution < 1.29 is 33.2 Å². The minimum absolute atomic E-state index is 0.0383. The fourth-order valence-electron chi connectivity index (χ4n) is 3.26. The molecule has 154 valence electrons. The minimum atomic E-state index is -0.642. The molecule has 1 aromatic carbocycles. The number of carbonyl (C=O) groups excluding carboxylic acids is 1. The van der Waals surface area contributed by atoms with Crippen molar-refractivity contribution >= 4 is 5.97 Å². The number of hydrogen-bond donors (Lipinski definition) is 0. The lowest BCUT2D eigenvalue weighted by Gasteiger charge is -2.23. The molecule has 0 aliphatic carbocycles. The molecule has 0 radical (unpaired) electrons. The molecule has 0 amide bonds. The van der Waals surface area contributed by atoms with E-state index >= 15 is 0 Å². The van der Waals surface area contributed by atoms with Crippen LogP contribution in [0.2, 0.25) is 0 Å². The molecule has 0 saturated heterocycles. The van der Waals surface area contributed by atoms with Crippen LogP contribution in [0, 0.1) is 0 Å². The van der Waals surface area contributed by atoms with Crippen molar-refractivity contribution in [1.29, 1.82) is 0 Å². The highest BCUT2D eigenvalue weighted by atomic mass is 16.6. The number of esters is 1. The van der Waals surface area contributed by atoms with Gasteiger partial charge in [-0.25, -0.2) is 0 Å². The molecule has 0 fully saturated rings. The van der Waals surface area contributed by atoms with Crippen LogP contribution < -0.4 is 0 Å². The van der Waals surface area contributed by atoms with Gasteiger partial charge >= 0.3 is 5.97 Å². The predicted molar refractivity (Wildman–Crippen MR) is 101 cm³/mol. The van der Waals surface area contributed by atoms with Crippen molar-refractivity contribution in [3.05, 3.63) is 47.5 Å². The van der Waals surface area contributed by atoms with Gasteiger partial charge in [-0.05, 0) is 17.2 Å². The van der Waals surface area contributed by atoms with E-state index in [2.05, 4.69) is 6.07 Å². The first-order valence-electron chi connectivity index (χ1n) is 9.59. The Bertz CT molecular complexity index is 660. The fraction of sp³-hybridized carbons (Fsp3) is 0.571. The van der Waals surface area contributed by atoms with Gasteiger partial charge in [0, 0.05) is 7.11 Å². The summed E-state index contributed by atoms with van der Waals surface area (Å²) in [4.78, 5) is 12.0. The van der Waals surface area contributed by atoms with Gasteiger partial charge in [-0.2, -0.15) is 0 Å². The smallest absolute Gasteiger partial charge is 0.308 e. The molecule has 2 aliphatic rings. The largest absolute Gasteiger partial charge is 0.462 e. The highest BCUT2D eigenvalue weighted by Crippen LogP contribution is 2.50. The summed E-state index contributed by atoms with van der Waals surface area (Å²) in [6.45, 7) is 3.55.